The predicted octanol–water partition coefficient (Wildman–Crippen LogP) is 1.98. The molecule has 2 heterocycles. The molecule has 2 rings (SSSR count). The van der Waals surface area contributed by atoms with Gasteiger partial charge >= 0.3 is 0 Å². The highest BCUT2D eigenvalue weighted by molar-refractivity contribution is 7.99. The van der Waals surface area contributed by atoms with Crippen LogP contribution in [-0.4, -0.2) is 54.5 Å². The fourth-order valence-electron chi connectivity index (χ4n) is 1.99. The number of ether oxygens (including phenoxy) is 1. The van der Waals surface area contributed by atoms with Crippen LogP contribution in [0.5, 0.6) is 0 Å². The van der Waals surface area contributed by atoms with Crippen LogP contribution in [0.1, 0.15) is 19.8 Å². The van der Waals surface area contributed by atoms with E-state index in [0.717, 1.165) is 31.7 Å². The first-order valence-electron chi connectivity index (χ1n) is 7.46. The van der Waals surface area contributed by atoms with Gasteiger partial charge in [0.1, 0.15) is 11.0 Å². The third kappa shape index (κ3) is 5.62. The van der Waals surface area contributed by atoms with E-state index in [-0.39, 0.29) is 5.91 Å². The van der Waals surface area contributed by atoms with Gasteiger partial charge in [-0.2, -0.15) is 0 Å². The first-order chi connectivity index (χ1) is 10.7. The molecule has 0 aromatic carbocycles. The van der Waals surface area contributed by atoms with Crippen LogP contribution in [0.15, 0.2) is 11.2 Å². The average Bonchev–Trinajstić information content (AvgIpc) is 2.53. The van der Waals surface area contributed by atoms with E-state index >= 15 is 0 Å². The second-order valence-electron chi connectivity index (χ2n) is 4.92. The first kappa shape index (κ1) is 17.3. The fraction of sp³-hybridized carbons (Fsp3) is 0.643. The molecule has 6 nitrogen and oxygen atoms in total. The number of amides is 1. The number of rotatable bonds is 7. The number of thioether (sulfide) groups is 1. The lowest BCUT2D eigenvalue weighted by Gasteiger charge is -2.27. The number of morpholine rings is 1. The van der Waals surface area contributed by atoms with E-state index in [1.54, 1.807) is 6.07 Å². The van der Waals surface area contributed by atoms with Crippen molar-refractivity contribution < 1.29 is 9.53 Å². The van der Waals surface area contributed by atoms with Crippen LogP contribution in [0.2, 0.25) is 5.15 Å². The number of halogens is 1. The minimum atomic E-state index is -0.00468. The van der Waals surface area contributed by atoms with Crippen LogP contribution >= 0.6 is 23.4 Å². The predicted molar refractivity (Wildman–Crippen MR) is 88.7 cm³/mol. The van der Waals surface area contributed by atoms with Crippen molar-refractivity contribution in [3.05, 3.63) is 11.2 Å². The summed E-state index contributed by atoms with van der Waals surface area (Å²) in [6, 6.07) is 1.75. The Morgan fingerprint density at radius 1 is 1.45 bits per heavy atom. The molecule has 0 atom stereocenters. The third-order valence-corrected chi connectivity index (χ3v) is 4.22. The topological polar surface area (TPSA) is 67.4 Å². The maximum Gasteiger partial charge on any atom is 0.230 e. The number of aromatic nitrogens is 2. The maximum absolute atomic E-state index is 11.7. The minimum absolute atomic E-state index is 0.00468. The largest absolute Gasteiger partial charge is 0.378 e. The second-order valence-corrected chi connectivity index (χ2v) is 6.25. The molecule has 1 aromatic heterocycles. The lowest BCUT2D eigenvalue weighted by molar-refractivity contribution is -0.118. The van der Waals surface area contributed by atoms with Crippen molar-refractivity contribution in [1.29, 1.82) is 0 Å². The highest BCUT2D eigenvalue weighted by atomic mass is 35.5. The zero-order valence-corrected chi connectivity index (χ0v) is 14.3. The molecule has 1 aliphatic heterocycles. The van der Waals surface area contributed by atoms with Crippen molar-refractivity contribution in [2.45, 2.75) is 24.9 Å². The summed E-state index contributed by atoms with van der Waals surface area (Å²) in [4.78, 5) is 22.5. The average molecular weight is 345 g/mol. The zero-order chi connectivity index (χ0) is 15.8. The summed E-state index contributed by atoms with van der Waals surface area (Å²) >= 11 is 7.37. The molecule has 0 aliphatic carbocycles. The van der Waals surface area contributed by atoms with Gasteiger partial charge in [-0.1, -0.05) is 36.7 Å². The number of nitrogens with zero attached hydrogens (tertiary/aromatic N) is 3. The summed E-state index contributed by atoms with van der Waals surface area (Å²) in [5, 5.41) is 3.79. The number of anilines is 1. The summed E-state index contributed by atoms with van der Waals surface area (Å²) in [5.74, 6) is 1.08. The molecule has 1 amide bonds. The van der Waals surface area contributed by atoms with E-state index in [0.29, 0.717) is 35.8 Å². The number of hydrogen-bond donors (Lipinski definition) is 1. The van der Waals surface area contributed by atoms with Crippen molar-refractivity contribution in [2.75, 3.05) is 43.5 Å². The highest BCUT2D eigenvalue weighted by Crippen LogP contribution is 2.22. The summed E-state index contributed by atoms with van der Waals surface area (Å²) in [7, 11) is 0. The lowest BCUT2D eigenvalue weighted by atomic mass is 10.3. The molecule has 0 radical (unpaired) electrons. The number of unbranched alkanes of at least 4 members (excludes halogenated alkanes) is 1. The van der Waals surface area contributed by atoms with Crippen LogP contribution in [0, 0.1) is 0 Å². The number of nitrogens with one attached hydrogen (secondary N) is 1. The van der Waals surface area contributed by atoms with E-state index in [1.807, 2.05) is 0 Å². The van der Waals surface area contributed by atoms with Crippen molar-refractivity contribution in [3.8, 4) is 0 Å². The third-order valence-electron chi connectivity index (χ3n) is 3.18. The molecule has 122 valence electrons. The Bertz CT molecular complexity index is 498. The summed E-state index contributed by atoms with van der Waals surface area (Å²) < 4.78 is 5.33. The molecular formula is C14H21ClN4O2S. The van der Waals surface area contributed by atoms with Crippen LogP contribution in [0.4, 0.5) is 5.82 Å². The molecular weight excluding hydrogens is 324 g/mol. The van der Waals surface area contributed by atoms with Gasteiger partial charge in [0.05, 0.1) is 19.0 Å². The second kappa shape index (κ2) is 9.17. The summed E-state index contributed by atoms with van der Waals surface area (Å²) in [6.45, 7) is 5.75. The standard InChI is InChI=1S/C14H21ClN4O2S/c1-2-3-4-16-13(20)10-22-14-17-11(15)9-12(18-14)19-5-7-21-8-6-19/h9H,2-8,10H2,1H3,(H,16,20). The lowest BCUT2D eigenvalue weighted by Crippen LogP contribution is -2.36. The van der Waals surface area contributed by atoms with Gasteiger partial charge in [0.15, 0.2) is 5.16 Å². The van der Waals surface area contributed by atoms with Crippen molar-refractivity contribution in [3.63, 3.8) is 0 Å². The van der Waals surface area contributed by atoms with Crippen LogP contribution in [0.25, 0.3) is 0 Å². The summed E-state index contributed by atoms with van der Waals surface area (Å²) in [6.07, 6.45) is 2.05. The first-order valence-corrected chi connectivity index (χ1v) is 8.82. The monoisotopic (exact) mass is 344 g/mol. The Hall–Kier alpha value is -1.05. The van der Waals surface area contributed by atoms with E-state index in [9.17, 15) is 4.79 Å². The Kier molecular flexibility index (Phi) is 7.21. The maximum atomic E-state index is 11.7. The molecule has 1 aliphatic rings. The van der Waals surface area contributed by atoms with Crippen LogP contribution in [-0.2, 0) is 9.53 Å². The molecule has 0 spiro atoms. The normalized spacial score (nSPS) is 14.9. The number of carbonyl (C=O) groups is 1. The van der Waals surface area contributed by atoms with Gasteiger partial charge in [-0.3, -0.25) is 4.79 Å². The van der Waals surface area contributed by atoms with Gasteiger partial charge in [0.2, 0.25) is 5.91 Å². The van der Waals surface area contributed by atoms with Crippen molar-refractivity contribution >= 4 is 35.1 Å². The van der Waals surface area contributed by atoms with Gasteiger partial charge in [0.25, 0.3) is 0 Å². The zero-order valence-electron chi connectivity index (χ0n) is 12.7. The smallest absolute Gasteiger partial charge is 0.230 e. The molecule has 0 unspecified atom stereocenters. The van der Waals surface area contributed by atoms with Gasteiger partial charge in [0, 0.05) is 25.7 Å². The van der Waals surface area contributed by atoms with E-state index in [2.05, 4.69) is 27.1 Å². The molecule has 0 bridgehead atoms. The summed E-state index contributed by atoms with van der Waals surface area (Å²) in [5.41, 5.74) is 0. The van der Waals surface area contributed by atoms with Gasteiger partial charge < -0.3 is 15.0 Å². The molecule has 0 saturated carbocycles. The SMILES string of the molecule is CCCCNC(=O)CSc1nc(Cl)cc(N2CCOCC2)n1. The molecule has 1 fully saturated rings. The Morgan fingerprint density at radius 2 is 2.23 bits per heavy atom. The Labute approximate surface area is 140 Å². The Morgan fingerprint density at radius 3 is 2.95 bits per heavy atom. The van der Waals surface area contributed by atoms with Crippen molar-refractivity contribution in [2.24, 2.45) is 0 Å². The fourth-order valence-corrected chi connectivity index (χ4v) is 2.90. The quantitative estimate of drug-likeness (QED) is 0.353. The molecule has 1 saturated heterocycles. The minimum Gasteiger partial charge on any atom is -0.378 e. The van der Waals surface area contributed by atoms with E-state index in [4.69, 9.17) is 16.3 Å². The van der Waals surface area contributed by atoms with Gasteiger partial charge in [-0.25, -0.2) is 9.97 Å². The van der Waals surface area contributed by atoms with Gasteiger partial charge in [-0.15, -0.1) is 0 Å². The highest BCUT2D eigenvalue weighted by Gasteiger charge is 2.15. The van der Waals surface area contributed by atoms with E-state index in [1.165, 1.54) is 11.8 Å². The van der Waals surface area contributed by atoms with Crippen LogP contribution in [0.3, 0.4) is 0 Å². The number of carbonyl (C=O) groups excluding carboxylic acids is 1. The van der Waals surface area contributed by atoms with Crippen LogP contribution < -0.4 is 10.2 Å². The Balaban J connectivity index is 1.90. The van der Waals surface area contributed by atoms with Crippen molar-refractivity contribution in [1.82, 2.24) is 15.3 Å². The van der Waals surface area contributed by atoms with E-state index < -0.39 is 0 Å². The molecule has 22 heavy (non-hydrogen) atoms. The molecule has 8 heteroatoms. The molecule has 1 aromatic rings. The van der Waals surface area contributed by atoms with Gasteiger partial charge in [-0.05, 0) is 6.42 Å². The number of hydrogen-bond acceptors (Lipinski definition) is 6. The molecule has 1 N–H and O–H groups in total.